The highest BCUT2D eigenvalue weighted by molar-refractivity contribution is 5.90. The molecule has 0 unspecified atom stereocenters. The number of benzene rings is 9. The quantitative estimate of drug-likeness (QED) is 0.130. The van der Waals surface area contributed by atoms with E-state index in [2.05, 4.69) is 252 Å². The number of hydrogen-bond acceptors (Lipinski definition) is 5. The van der Waals surface area contributed by atoms with Gasteiger partial charge in [0.1, 0.15) is 0 Å². The summed E-state index contributed by atoms with van der Waals surface area (Å²) in [6.45, 7) is 13.2. The van der Waals surface area contributed by atoms with Crippen molar-refractivity contribution in [2.45, 2.75) is 41.5 Å². The van der Waals surface area contributed by atoms with Crippen LogP contribution >= 0.6 is 0 Å². The molecule has 9 aromatic carbocycles. The lowest BCUT2D eigenvalue weighted by Gasteiger charge is -2.32. The standard InChI is InChI=1S/C63H53N5/c1-42-37-44(3)59(45(4)38-42)68(60-46(5)39-43(2)40-47(60)6)54-35-33-53(34-36-54)67(58-32-19-18-30-56(58)50-25-14-9-15-26-50)63-65-61(52-28-20-27-51(41-52)48-21-10-7-11-22-48)64-62(66-63)57-31-17-16-29-55(57)49-23-12-8-13-24-49/h7-41H,1-6H3. The minimum Gasteiger partial charge on any atom is -0.309 e. The third-order valence-corrected chi connectivity index (χ3v) is 12.6. The van der Waals surface area contributed by atoms with Crippen molar-refractivity contribution >= 4 is 34.4 Å². The smallest absolute Gasteiger partial charge is 0.238 e. The van der Waals surface area contributed by atoms with Gasteiger partial charge in [-0.3, -0.25) is 4.90 Å². The lowest BCUT2D eigenvalue weighted by molar-refractivity contribution is 1.02. The highest BCUT2D eigenvalue weighted by Gasteiger charge is 2.26. The van der Waals surface area contributed by atoms with Crippen LogP contribution in [0.25, 0.3) is 56.2 Å². The minimum atomic E-state index is 0.501. The van der Waals surface area contributed by atoms with E-state index in [1.807, 2.05) is 12.1 Å². The van der Waals surface area contributed by atoms with Crippen LogP contribution in [0.2, 0.25) is 0 Å². The van der Waals surface area contributed by atoms with E-state index in [1.165, 1.54) is 44.8 Å². The van der Waals surface area contributed by atoms with Gasteiger partial charge in [-0.2, -0.15) is 9.97 Å². The highest BCUT2D eigenvalue weighted by atomic mass is 15.3. The maximum Gasteiger partial charge on any atom is 0.238 e. The van der Waals surface area contributed by atoms with Gasteiger partial charge in [0, 0.05) is 28.1 Å². The van der Waals surface area contributed by atoms with E-state index in [4.69, 9.17) is 15.0 Å². The Morgan fingerprint density at radius 3 is 1.26 bits per heavy atom. The van der Waals surface area contributed by atoms with E-state index >= 15 is 0 Å². The fourth-order valence-electron chi connectivity index (χ4n) is 9.79. The highest BCUT2D eigenvalue weighted by Crippen LogP contribution is 2.46. The summed E-state index contributed by atoms with van der Waals surface area (Å²) in [6, 6.07) is 74.9. The average molecular weight is 880 g/mol. The normalized spacial score (nSPS) is 11.1. The summed E-state index contributed by atoms with van der Waals surface area (Å²) >= 11 is 0. The third kappa shape index (κ3) is 8.70. The molecule has 10 rings (SSSR count). The molecule has 0 aliphatic rings. The van der Waals surface area contributed by atoms with E-state index in [1.54, 1.807) is 0 Å². The minimum absolute atomic E-state index is 0.501. The molecule has 0 aliphatic carbocycles. The second-order valence-electron chi connectivity index (χ2n) is 17.7. The van der Waals surface area contributed by atoms with Gasteiger partial charge in [0.25, 0.3) is 0 Å². The van der Waals surface area contributed by atoms with Crippen molar-refractivity contribution in [2.24, 2.45) is 0 Å². The van der Waals surface area contributed by atoms with Gasteiger partial charge in [0.05, 0.1) is 17.1 Å². The summed E-state index contributed by atoms with van der Waals surface area (Å²) in [4.78, 5) is 20.9. The topological polar surface area (TPSA) is 45.2 Å². The Balaban J connectivity index is 1.22. The zero-order chi connectivity index (χ0) is 46.7. The van der Waals surface area contributed by atoms with Crippen LogP contribution in [0.4, 0.5) is 34.4 Å². The van der Waals surface area contributed by atoms with E-state index in [-0.39, 0.29) is 0 Å². The molecular weight excluding hydrogens is 827 g/mol. The van der Waals surface area contributed by atoms with Crippen LogP contribution < -0.4 is 9.80 Å². The molecule has 68 heavy (non-hydrogen) atoms. The molecule has 0 bridgehead atoms. The van der Waals surface area contributed by atoms with Crippen molar-refractivity contribution < 1.29 is 0 Å². The fraction of sp³-hybridized carbons (Fsp3) is 0.0952. The van der Waals surface area contributed by atoms with E-state index in [0.717, 1.165) is 61.6 Å². The second-order valence-corrected chi connectivity index (χ2v) is 17.7. The molecule has 0 spiro atoms. The summed E-state index contributed by atoms with van der Waals surface area (Å²) < 4.78 is 0. The first-order valence-electron chi connectivity index (χ1n) is 23.3. The molecule has 0 radical (unpaired) electrons. The molecule has 5 nitrogen and oxygen atoms in total. The maximum absolute atomic E-state index is 5.49. The summed E-state index contributed by atoms with van der Waals surface area (Å²) in [5, 5.41) is 0. The Hall–Kier alpha value is -8.41. The number of rotatable bonds is 11. The first kappa shape index (κ1) is 43.5. The predicted octanol–water partition coefficient (Wildman–Crippen LogP) is 17.0. The van der Waals surface area contributed by atoms with Crippen LogP contribution in [0.15, 0.2) is 212 Å². The molecule has 0 saturated carbocycles. The molecule has 1 heterocycles. The number of aromatic nitrogens is 3. The van der Waals surface area contributed by atoms with Gasteiger partial charge >= 0.3 is 0 Å². The van der Waals surface area contributed by atoms with Crippen molar-refractivity contribution in [3.05, 3.63) is 246 Å². The summed E-state index contributed by atoms with van der Waals surface area (Å²) in [6.07, 6.45) is 0. The Labute approximate surface area is 400 Å². The van der Waals surface area contributed by atoms with Gasteiger partial charge in [0.2, 0.25) is 5.95 Å². The average Bonchev–Trinajstić information content (AvgIpc) is 3.36. The van der Waals surface area contributed by atoms with E-state index in [0.29, 0.717) is 17.6 Å². The van der Waals surface area contributed by atoms with Gasteiger partial charge in [-0.15, -0.1) is 0 Å². The second kappa shape index (κ2) is 18.8. The summed E-state index contributed by atoms with van der Waals surface area (Å²) in [7, 11) is 0. The van der Waals surface area contributed by atoms with Crippen molar-refractivity contribution in [1.29, 1.82) is 0 Å². The van der Waals surface area contributed by atoms with Crippen LogP contribution in [0, 0.1) is 41.5 Å². The maximum atomic E-state index is 5.49. The number of para-hydroxylation sites is 1. The summed E-state index contributed by atoms with van der Waals surface area (Å²) in [5.41, 5.74) is 20.9. The zero-order valence-corrected chi connectivity index (χ0v) is 39.4. The van der Waals surface area contributed by atoms with Crippen LogP contribution in [-0.4, -0.2) is 15.0 Å². The Bertz CT molecular complexity index is 3300. The van der Waals surface area contributed by atoms with E-state index < -0.39 is 0 Å². The van der Waals surface area contributed by atoms with Crippen LogP contribution in [0.3, 0.4) is 0 Å². The first-order valence-corrected chi connectivity index (χ1v) is 23.3. The van der Waals surface area contributed by atoms with E-state index in [9.17, 15) is 0 Å². The van der Waals surface area contributed by atoms with Crippen molar-refractivity contribution in [1.82, 2.24) is 15.0 Å². The van der Waals surface area contributed by atoms with Crippen LogP contribution in [0.1, 0.15) is 33.4 Å². The molecule has 1 aromatic heterocycles. The third-order valence-electron chi connectivity index (χ3n) is 12.6. The van der Waals surface area contributed by atoms with Crippen LogP contribution in [0.5, 0.6) is 0 Å². The van der Waals surface area contributed by atoms with Crippen LogP contribution in [-0.2, 0) is 0 Å². The molecule has 330 valence electrons. The lowest BCUT2D eigenvalue weighted by atomic mass is 9.98. The Morgan fingerprint density at radius 1 is 0.294 bits per heavy atom. The largest absolute Gasteiger partial charge is 0.309 e. The number of nitrogens with zero attached hydrogens (tertiary/aromatic N) is 5. The SMILES string of the molecule is Cc1cc(C)c(N(c2ccc(N(c3nc(-c4cccc(-c5ccccc5)c4)nc(-c4ccccc4-c4ccccc4)n3)c3ccccc3-c3ccccc3)cc2)c2c(C)cc(C)cc2C)c(C)c1. The van der Waals surface area contributed by atoms with Gasteiger partial charge in [-0.25, -0.2) is 4.98 Å². The molecule has 0 amide bonds. The van der Waals surface area contributed by atoms with Gasteiger partial charge in [0.15, 0.2) is 11.6 Å². The monoisotopic (exact) mass is 879 g/mol. The number of aryl methyl sites for hydroxylation is 6. The first-order chi connectivity index (χ1) is 33.2. The van der Waals surface area contributed by atoms with Crippen molar-refractivity contribution in [3.8, 4) is 56.2 Å². The molecule has 0 N–H and O–H groups in total. The molecule has 5 heteroatoms. The molecule has 0 aliphatic heterocycles. The Morgan fingerprint density at radius 2 is 0.706 bits per heavy atom. The zero-order valence-electron chi connectivity index (χ0n) is 39.4. The molecule has 0 saturated heterocycles. The molecule has 0 fully saturated rings. The number of hydrogen-bond donors (Lipinski definition) is 0. The summed E-state index contributed by atoms with van der Waals surface area (Å²) in [5.74, 6) is 1.66. The Kier molecular flexibility index (Phi) is 12.0. The van der Waals surface area contributed by atoms with Gasteiger partial charge in [-0.1, -0.05) is 187 Å². The van der Waals surface area contributed by atoms with Crippen molar-refractivity contribution in [2.75, 3.05) is 9.80 Å². The number of anilines is 6. The van der Waals surface area contributed by atoms with Gasteiger partial charge in [-0.05, 0) is 128 Å². The van der Waals surface area contributed by atoms with Crippen molar-refractivity contribution in [3.63, 3.8) is 0 Å². The molecule has 10 aromatic rings. The van der Waals surface area contributed by atoms with Gasteiger partial charge < -0.3 is 4.90 Å². The molecule has 0 atom stereocenters. The predicted molar refractivity (Wildman–Crippen MR) is 285 cm³/mol. The molecular formula is C63H53N5. The lowest BCUT2D eigenvalue weighted by Crippen LogP contribution is -2.18. The fourth-order valence-corrected chi connectivity index (χ4v) is 9.79.